The summed E-state index contributed by atoms with van der Waals surface area (Å²) in [4.78, 5) is 16.2. The van der Waals surface area contributed by atoms with Crippen molar-refractivity contribution in [3.63, 3.8) is 0 Å². The average Bonchev–Trinajstić information content (AvgIpc) is 2.85. The second-order valence-corrected chi connectivity index (χ2v) is 5.72. The Morgan fingerprint density at radius 1 is 1.60 bits per heavy atom. The Balaban J connectivity index is 2.23. The van der Waals surface area contributed by atoms with Gasteiger partial charge >= 0.3 is 6.09 Å². The van der Waals surface area contributed by atoms with Gasteiger partial charge in [0.2, 0.25) is 10.9 Å². The molecule has 1 N–H and O–H groups in total. The van der Waals surface area contributed by atoms with Gasteiger partial charge in [-0.3, -0.25) is 4.31 Å². The van der Waals surface area contributed by atoms with Gasteiger partial charge in [0.05, 0.1) is 18.3 Å². The van der Waals surface area contributed by atoms with Crippen LogP contribution in [0.25, 0.3) is 0 Å². The molecule has 1 fully saturated rings. The minimum Gasteiger partial charge on any atom is -0.465 e. The summed E-state index contributed by atoms with van der Waals surface area (Å²) in [6.45, 7) is 0.473. The summed E-state index contributed by atoms with van der Waals surface area (Å²) in [5.41, 5.74) is 0.266. The maximum atomic E-state index is 11.4. The molecule has 1 aliphatic rings. The SMILES string of the molecule is O=C(O)N1CCC[C@@H]1CN(c1cccnc1Cl)[SH](=O)=O. The van der Waals surface area contributed by atoms with Crippen LogP contribution in [0.2, 0.25) is 5.15 Å². The third-order valence-electron chi connectivity index (χ3n) is 3.22. The monoisotopic (exact) mass is 319 g/mol. The van der Waals surface area contributed by atoms with Crippen molar-refractivity contribution in [3.8, 4) is 0 Å². The molecule has 9 heteroatoms. The topological polar surface area (TPSA) is 90.8 Å². The van der Waals surface area contributed by atoms with Crippen molar-refractivity contribution < 1.29 is 18.3 Å². The summed E-state index contributed by atoms with van der Waals surface area (Å²) >= 11 is 5.90. The second kappa shape index (κ2) is 6.27. The number of hydrogen-bond acceptors (Lipinski definition) is 4. The van der Waals surface area contributed by atoms with Gasteiger partial charge in [-0.15, -0.1) is 0 Å². The fraction of sp³-hybridized carbons (Fsp3) is 0.455. The molecule has 2 heterocycles. The molecule has 0 aliphatic carbocycles. The molecule has 20 heavy (non-hydrogen) atoms. The maximum Gasteiger partial charge on any atom is 0.407 e. The molecule has 1 saturated heterocycles. The number of carboxylic acid groups (broad SMARTS) is 1. The summed E-state index contributed by atoms with van der Waals surface area (Å²) in [5.74, 6) is 0. The predicted octanol–water partition coefficient (Wildman–Crippen LogP) is 1.21. The van der Waals surface area contributed by atoms with Crippen molar-refractivity contribution in [2.24, 2.45) is 0 Å². The number of hydrogen-bond donors (Lipinski definition) is 2. The third kappa shape index (κ3) is 3.13. The summed E-state index contributed by atoms with van der Waals surface area (Å²) in [5, 5.41) is 9.15. The van der Waals surface area contributed by atoms with Crippen molar-refractivity contribution >= 4 is 34.3 Å². The van der Waals surface area contributed by atoms with E-state index >= 15 is 0 Å². The fourth-order valence-electron chi connectivity index (χ4n) is 2.30. The molecule has 110 valence electrons. The van der Waals surface area contributed by atoms with Gasteiger partial charge in [0.1, 0.15) is 0 Å². The Morgan fingerprint density at radius 3 is 2.95 bits per heavy atom. The molecule has 1 atom stereocenters. The smallest absolute Gasteiger partial charge is 0.407 e. The normalized spacial score (nSPS) is 18.5. The van der Waals surface area contributed by atoms with Crippen molar-refractivity contribution in [1.29, 1.82) is 0 Å². The first-order chi connectivity index (χ1) is 9.50. The molecule has 0 radical (unpaired) electrons. The van der Waals surface area contributed by atoms with Gasteiger partial charge in [0.25, 0.3) is 0 Å². The van der Waals surface area contributed by atoms with E-state index in [4.69, 9.17) is 16.7 Å². The van der Waals surface area contributed by atoms with E-state index in [1.807, 2.05) is 0 Å². The summed E-state index contributed by atoms with van der Waals surface area (Å²) < 4.78 is 23.9. The number of nitrogens with zero attached hydrogens (tertiary/aromatic N) is 3. The number of thiol groups is 1. The Kier molecular flexibility index (Phi) is 4.66. The Labute approximate surface area is 122 Å². The zero-order chi connectivity index (χ0) is 14.7. The highest BCUT2D eigenvalue weighted by molar-refractivity contribution is 7.74. The van der Waals surface area contributed by atoms with Gasteiger partial charge in [-0.2, -0.15) is 0 Å². The largest absolute Gasteiger partial charge is 0.465 e. The van der Waals surface area contributed by atoms with Gasteiger partial charge in [0.15, 0.2) is 5.15 Å². The molecule has 0 saturated carbocycles. The Morgan fingerprint density at radius 2 is 2.35 bits per heavy atom. The molecule has 0 unspecified atom stereocenters. The van der Waals surface area contributed by atoms with E-state index in [2.05, 4.69) is 4.98 Å². The molecule has 1 amide bonds. The highest BCUT2D eigenvalue weighted by Gasteiger charge is 2.31. The van der Waals surface area contributed by atoms with E-state index in [0.717, 1.165) is 10.7 Å². The van der Waals surface area contributed by atoms with Crippen LogP contribution < -0.4 is 4.31 Å². The molecule has 1 aliphatic heterocycles. The summed E-state index contributed by atoms with van der Waals surface area (Å²) in [7, 11) is -2.92. The lowest BCUT2D eigenvalue weighted by Crippen LogP contribution is -2.42. The number of anilines is 1. The number of carbonyl (C=O) groups is 1. The third-order valence-corrected chi connectivity index (χ3v) is 4.29. The molecule has 1 aromatic heterocycles. The zero-order valence-electron chi connectivity index (χ0n) is 10.5. The van der Waals surface area contributed by atoms with Crippen LogP contribution in [0, 0.1) is 0 Å². The van der Waals surface area contributed by atoms with E-state index in [1.54, 1.807) is 12.1 Å². The van der Waals surface area contributed by atoms with Crippen LogP contribution >= 0.6 is 11.6 Å². The van der Waals surface area contributed by atoms with Crippen LogP contribution in [0.3, 0.4) is 0 Å². The number of halogens is 1. The number of amides is 1. The average molecular weight is 320 g/mol. The van der Waals surface area contributed by atoms with Crippen molar-refractivity contribution in [2.75, 3.05) is 17.4 Å². The molecule has 7 nitrogen and oxygen atoms in total. The van der Waals surface area contributed by atoms with Crippen LogP contribution in [-0.4, -0.2) is 48.6 Å². The lowest BCUT2D eigenvalue weighted by molar-refractivity contribution is 0.141. The molecular weight excluding hydrogens is 306 g/mol. The van der Waals surface area contributed by atoms with Crippen molar-refractivity contribution in [1.82, 2.24) is 9.88 Å². The van der Waals surface area contributed by atoms with Gasteiger partial charge < -0.3 is 10.0 Å². The summed E-state index contributed by atoms with van der Waals surface area (Å²) in [6, 6.07) is 2.76. The first-order valence-corrected chi connectivity index (χ1v) is 7.53. The minimum atomic E-state index is -2.92. The fourth-order valence-corrected chi connectivity index (χ4v) is 3.24. The van der Waals surface area contributed by atoms with E-state index in [-0.39, 0.29) is 23.4 Å². The standard InChI is InChI=1S/C11H14ClN3O4S/c12-10-9(4-1-5-13-10)15(20(18)19)7-8-3-2-6-14(8)11(16)17/h1,4-5,8,20H,2-3,6-7H2,(H,16,17)/t8-/m1/s1. The summed E-state index contributed by atoms with van der Waals surface area (Å²) in [6.07, 6.45) is 1.78. The quantitative estimate of drug-likeness (QED) is 0.643. The van der Waals surface area contributed by atoms with E-state index < -0.39 is 17.0 Å². The van der Waals surface area contributed by atoms with Crippen LogP contribution in [0.15, 0.2) is 18.3 Å². The van der Waals surface area contributed by atoms with Gasteiger partial charge in [0, 0.05) is 12.7 Å². The van der Waals surface area contributed by atoms with Crippen LogP contribution in [0.4, 0.5) is 10.5 Å². The molecular formula is C11H14ClN3O4S. The van der Waals surface area contributed by atoms with Crippen LogP contribution in [-0.2, 0) is 10.9 Å². The van der Waals surface area contributed by atoms with E-state index in [0.29, 0.717) is 13.0 Å². The molecule has 2 rings (SSSR count). The van der Waals surface area contributed by atoms with Crippen LogP contribution in [0.1, 0.15) is 12.8 Å². The van der Waals surface area contributed by atoms with Gasteiger partial charge in [-0.1, -0.05) is 11.6 Å². The van der Waals surface area contributed by atoms with Gasteiger partial charge in [-0.05, 0) is 25.0 Å². The highest BCUT2D eigenvalue weighted by atomic mass is 35.5. The zero-order valence-corrected chi connectivity index (χ0v) is 12.1. The molecule has 1 aromatic rings. The second-order valence-electron chi connectivity index (χ2n) is 4.41. The predicted molar refractivity (Wildman–Crippen MR) is 74.7 cm³/mol. The van der Waals surface area contributed by atoms with Gasteiger partial charge in [-0.25, -0.2) is 18.2 Å². The first kappa shape index (κ1) is 14.9. The lowest BCUT2D eigenvalue weighted by atomic mass is 10.2. The Hall–Kier alpha value is -1.54. The van der Waals surface area contributed by atoms with Crippen molar-refractivity contribution in [3.05, 3.63) is 23.5 Å². The molecule has 0 bridgehead atoms. The van der Waals surface area contributed by atoms with Crippen LogP contribution in [0.5, 0.6) is 0 Å². The highest BCUT2D eigenvalue weighted by Crippen LogP contribution is 2.26. The first-order valence-electron chi connectivity index (χ1n) is 6.02. The van der Waals surface area contributed by atoms with E-state index in [1.165, 1.54) is 11.1 Å². The molecule has 0 spiro atoms. The number of pyridine rings is 1. The van der Waals surface area contributed by atoms with Crippen molar-refractivity contribution in [2.45, 2.75) is 18.9 Å². The Bertz CT molecular complexity index is 573. The minimum absolute atomic E-state index is 0.0520. The number of likely N-dealkylation sites (tertiary alicyclic amines) is 1. The lowest BCUT2D eigenvalue weighted by Gasteiger charge is -2.27. The number of rotatable bonds is 4. The maximum absolute atomic E-state index is 11.4. The number of aromatic nitrogens is 1. The van der Waals surface area contributed by atoms with E-state index in [9.17, 15) is 13.2 Å². The molecule has 0 aromatic carbocycles.